The maximum absolute atomic E-state index is 8.97. The van der Waals surface area contributed by atoms with Crippen LogP contribution in [0.15, 0.2) is 35.7 Å². The summed E-state index contributed by atoms with van der Waals surface area (Å²) in [7, 11) is 1.67. The van der Waals surface area contributed by atoms with Crippen molar-refractivity contribution in [3.63, 3.8) is 0 Å². The van der Waals surface area contributed by atoms with Crippen molar-refractivity contribution in [1.29, 1.82) is 0 Å². The average Bonchev–Trinajstić information content (AvgIpc) is 3.10. The van der Waals surface area contributed by atoms with E-state index in [2.05, 4.69) is 24.0 Å². The van der Waals surface area contributed by atoms with Crippen LogP contribution in [0.2, 0.25) is 0 Å². The molecule has 1 heterocycles. The van der Waals surface area contributed by atoms with Gasteiger partial charge in [0.05, 0.1) is 7.11 Å². The van der Waals surface area contributed by atoms with Gasteiger partial charge >= 0.3 is 0 Å². The van der Waals surface area contributed by atoms with Crippen LogP contribution in [0.5, 0.6) is 11.5 Å². The third kappa shape index (κ3) is 5.53. The number of aliphatic hydroxyl groups is 1. The van der Waals surface area contributed by atoms with Gasteiger partial charge in [-0.25, -0.2) is 0 Å². The summed E-state index contributed by atoms with van der Waals surface area (Å²) in [4.78, 5) is 3.49. The topological polar surface area (TPSA) is 41.9 Å². The molecule has 0 spiro atoms. The molecule has 0 amide bonds. The van der Waals surface area contributed by atoms with Gasteiger partial charge in [-0.05, 0) is 42.1 Å². The molecule has 0 atom stereocenters. The van der Waals surface area contributed by atoms with Gasteiger partial charge in [-0.3, -0.25) is 4.90 Å². The van der Waals surface area contributed by atoms with Crippen molar-refractivity contribution < 1.29 is 14.6 Å². The highest BCUT2D eigenvalue weighted by Crippen LogP contribution is 2.29. The van der Waals surface area contributed by atoms with Gasteiger partial charge < -0.3 is 14.6 Å². The lowest BCUT2D eigenvalue weighted by atomic mass is 10.2. The van der Waals surface area contributed by atoms with Crippen LogP contribution in [0.4, 0.5) is 0 Å². The molecule has 23 heavy (non-hydrogen) atoms. The number of thiophene rings is 1. The molecule has 126 valence electrons. The highest BCUT2D eigenvalue weighted by atomic mass is 32.1. The number of ether oxygens (including phenoxy) is 2. The van der Waals surface area contributed by atoms with E-state index in [1.807, 2.05) is 23.6 Å². The molecule has 1 N–H and O–H groups in total. The van der Waals surface area contributed by atoms with Gasteiger partial charge in [0.25, 0.3) is 0 Å². The van der Waals surface area contributed by atoms with Crippen LogP contribution in [0, 0.1) is 0 Å². The fraction of sp³-hybridized carbons (Fsp3) is 0.444. The van der Waals surface area contributed by atoms with Crippen molar-refractivity contribution in [3.05, 3.63) is 46.2 Å². The van der Waals surface area contributed by atoms with Crippen LogP contribution in [-0.4, -0.2) is 36.8 Å². The fourth-order valence-corrected chi connectivity index (χ4v) is 2.99. The lowest BCUT2D eigenvalue weighted by molar-refractivity contribution is 0.225. The maximum atomic E-state index is 8.97. The van der Waals surface area contributed by atoms with Crippen molar-refractivity contribution in [2.45, 2.75) is 26.5 Å². The Morgan fingerprint density at radius 1 is 1.22 bits per heavy atom. The molecule has 0 fully saturated rings. The van der Waals surface area contributed by atoms with E-state index in [-0.39, 0.29) is 6.61 Å². The van der Waals surface area contributed by atoms with E-state index in [9.17, 15) is 0 Å². The van der Waals surface area contributed by atoms with E-state index in [1.165, 1.54) is 10.4 Å². The minimum atomic E-state index is 0.231. The van der Waals surface area contributed by atoms with Gasteiger partial charge in [0.15, 0.2) is 11.5 Å². The zero-order valence-corrected chi connectivity index (χ0v) is 14.6. The Morgan fingerprint density at radius 3 is 2.74 bits per heavy atom. The average molecular weight is 335 g/mol. The third-order valence-electron chi connectivity index (χ3n) is 3.66. The third-order valence-corrected chi connectivity index (χ3v) is 4.51. The number of aliphatic hydroxyl groups excluding tert-OH is 1. The van der Waals surface area contributed by atoms with Crippen molar-refractivity contribution in [1.82, 2.24) is 4.90 Å². The van der Waals surface area contributed by atoms with Gasteiger partial charge in [0.2, 0.25) is 0 Å². The second-order valence-corrected chi connectivity index (χ2v) is 6.33. The summed E-state index contributed by atoms with van der Waals surface area (Å²) in [5, 5.41) is 11.0. The van der Waals surface area contributed by atoms with Crippen LogP contribution in [0.1, 0.15) is 23.8 Å². The van der Waals surface area contributed by atoms with Gasteiger partial charge in [0.1, 0.15) is 6.61 Å². The summed E-state index contributed by atoms with van der Waals surface area (Å²) in [6.45, 7) is 5.62. The molecule has 0 aliphatic carbocycles. The van der Waals surface area contributed by atoms with Gasteiger partial charge in [-0.1, -0.05) is 19.1 Å². The SMILES string of the molecule is CCN(CCCO)Cc1ccc(OCc2cccs2)c(OC)c1. The first kappa shape index (κ1) is 17.8. The first-order valence-corrected chi connectivity index (χ1v) is 8.80. The summed E-state index contributed by atoms with van der Waals surface area (Å²) in [5.41, 5.74) is 1.19. The Morgan fingerprint density at radius 2 is 2.09 bits per heavy atom. The molecule has 0 saturated heterocycles. The molecule has 0 radical (unpaired) electrons. The highest BCUT2D eigenvalue weighted by molar-refractivity contribution is 7.09. The van der Waals surface area contributed by atoms with E-state index < -0.39 is 0 Å². The van der Waals surface area contributed by atoms with Crippen LogP contribution in [-0.2, 0) is 13.2 Å². The predicted octanol–water partition coefficient (Wildman–Crippen LogP) is 3.54. The summed E-state index contributed by atoms with van der Waals surface area (Å²) in [6.07, 6.45) is 0.799. The normalized spacial score (nSPS) is 11.0. The molecule has 2 rings (SSSR count). The first-order valence-electron chi connectivity index (χ1n) is 7.92. The molecule has 0 bridgehead atoms. The van der Waals surface area contributed by atoms with Crippen molar-refractivity contribution >= 4 is 11.3 Å². The van der Waals surface area contributed by atoms with Crippen LogP contribution >= 0.6 is 11.3 Å². The number of hydrogen-bond acceptors (Lipinski definition) is 5. The van der Waals surface area contributed by atoms with E-state index >= 15 is 0 Å². The molecular weight excluding hydrogens is 310 g/mol. The minimum Gasteiger partial charge on any atom is -0.493 e. The predicted molar refractivity (Wildman–Crippen MR) is 94.3 cm³/mol. The Labute approximate surface area is 142 Å². The van der Waals surface area contributed by atoms with Crippen LogP contribution in [0.3, 0.4) is 0 Å². The molecule has 0 aliphatic heterocycles. The second kappa shape index (κ2) is 9.55. The Hall–Kier alpha value is -1.56. The lowest BCUT2D eigenvalue weighted by Gasteiger charge is -2.20. The monoisotopic (exact) mass is 335 g/mol. The van der Waals surface area contributed by atoms with Crippen molar-refractivity contribution in [2.24, 2.45) is 0 Å². The van der Waals surface area contributed by atoms with Gasteiger partial charge in [-0.2, -0.15) is 0 Å². The summed E-state index contributed by atoms with van der Waals surface area (Å²) >= 11 is 1.68. The fourth-order valence-electron chi connectivity index (χ4n) is 2.37. The maximum Gasteiger partial charge on any atom is 0.161 e. The van der Waals surface area contributed by atoms with Gasteiger partial charge in [0, 0.05) is 24.6 Å². The van der Waals surface area contributed by atoms with E-state index in [0.29, 0.717) is 6.61 Å². The molecule has 1 aromatic carbocycles. The Balaban J connectivity index is 2.00. The zero-order valence-electron chi connectivity index (χ0n) is 13.8. The quantitative estimate of drug-likeness (QED) is 0.721. The number of methoxy groups -OCH3 is 1. The second-order valence-electron chi connectivity index (χ2n) is 5.30. The Bertz CT molecular complexity index is 572. The summed E-state index contributed by atoms with van der Waals surface area (Å²) in [5.74, 6) is 1.53. The highest BCUT2D eigenvalue weighted by Gasteiger charge is 2.09. The molecule has 4 nitrogen and oxygen atoms in total. The number of nitrogens with zero attached hydrogens (tertiary/aromatic N) is 1. The van der Waals surface area contributed by atoms with E-state index in [4.69, 9.17) is 14.6 Å². The molecule has 0 unspecified atom stereocenters. The summed E-state index contributed by atoms with van der Waals surface area (Å²) < 4.78 is 11.3. The van der Waals surface area contributed by atoms with Crippen molar-refractivity contribution in [3.8, 4) is 11.5 Å². The minimum absolute atomic E-state index is 0.231. The van der Waals surface area contributed by atoms with E-state index in [0.717, 1.165) is 37.6 Å². The summed E-state index contributed by atoms with van der Waals surface area (Å²) in [6, 6.07) is 10.2. The largest absolute Gasteiger partial charge is 0.493 e. The molecule has 1 aromatic heterocycles. The molecule has 0 saturated carbocycles. The number of rotatable bonds is 10. The van der Waals surface area contributed by atoms with Crippen LogP contribution < -0.4 is 9.47 Å². The molecule has 0 aliphatic rings. The van der Waals surface area contributed by atoms with E-state index in [1.54, 1.807) is 18.4 Å². The first-order chi connectivity index (χ1) is 11.3. The zero-order chi connectivity index (χ0) is 16.5. The lowest BCUT2D eigenvalue weighted by Crippen LogP contribution is -2.24. The Kier molecular flexibility index (Phi) is 7.39. The van der Waals surface area contributed by atoms with Crippen LogP contribution in [0.25, 0.3) is 0 Å². The number of benzene rings is 1. The molecule has 5 heteroatoms. The number of hydrogen-bond donors (Lipinski definition) is 1. The standard InChI is InChI=1S/C18H25NO3S/c1-3-19(9-5-10-20)13-15-7-8-17(18(12-15)21-2)22-14-16-6-4-11-23-16/h4,6-8,11-12,20H,3,5,9-10,13-14H2,1-2H3. The molecule has 2 aromatic rings. The smallest absolute Gasteiger partial charge is 0.161 e. The molecular formula is C18H25NO3S. The van der Waals surface area contributed by atoms with Crippen molar-refractivity contribution in [2.75, 3.05) is 26.8 Å². The van der Waals surface area contributed by atoms with Gasteiger partial charge in [-0.15, -0.1) is 11.3 Å².